The first kappa shape index (κ1) is 13.3. The van der Waals surface area contributed by atoms with Gasteiger partial charge in [0.2, 0.25) is 11.8 Å². The van der Waals surface area contributed by atoms with Gasteiger partial charge < -0.3 is 10.6 Å². The number of nitrogens with one attached hydrogen (secondary N) is 2. The molecule has 2 aromatic rings. The molecule has 0 bridgehead atoms. The summed E-state index contributed by atoms with van der Waals surface area (Å²) in [5.74, 6) is -0.275. The average Bonchev–Trinajstić information content (AvgIpc) is 2.96. The molecule has 2 amide bonds. The van der Waals surface area contributed by atoms with E-state index in [0.29, 0.717) is 18.5 Å². The highest BCUT2D eigenvalue weighted by atomic mass is 16.2. The summed E-state index contributed by atoms with van der Waals surface area (Å²) in [4.78, 5) is 27.4. The molecule has 3 rings (SSSR count). The first-order valence-electron chi connectivity index (χ1n) is 6.84. The molecule has 1 saturated heterocycles. The summed E-state index contributed by atoms with van der Waals surface area (Å²) in [6.45, 7) is 0. The van der Waals surface area contributed by atoms with Crippen molar-refractivity contribution in [2.75, 3.05) is 5.32 Å². The summed E-state index contributed by atoms with van der Waals surface area (Å²) in [7, 11) is 0. The average molecular weight is 281 g/mol. The maximum Gasteiger partial charge on any atom is 0.247 e. The van der Waals surface area contributed by atoms with Crippen molar-refractivity contribution in [3.8, 4) is 11.3 Å². The van der Waals surface area contributed by atoms with Gasteiger partial charge in [-0.25, -0.2) is 0 Å². The SMILES string of the molecule is O=C1CCC(C(=O)Nc2ccc(-c3ccccc3)nc2)N1. The van der Waals surface area contributed by atoms with Crippen molar-refractivity contribution in [2.24, 2.45) is 0 Å². The summed E-state index contributed by atoms with van der Waals surface area (Å²) in [6.07, 6.45) is 2.57. The van der Waals surface area contributed by atoms with Crippen molar-refractivity contribution in [2.45, 2.75) is 18.9 Å². The number of carbonyl (C=O) groups excluding carboxylic acids is 2. The number of hydrogen-bond acceptors (Lipinski definition) is 3. The van der Waals surface area contributed by atoms with Gasteiger partial charge in [-0.3, -0.25) is 14.6 Å². The molecule has 0 aliphatic carbocycles. The number of rotatable bonds is 3. The van der Waals surface area contributed by atoms with Gasteiger partial charge in [0.25, 0.3) is 0 Å². The van der Waals surface area contributed by atoms with E-state index in [4.69, 9.17) is 0 Å². The Balaban J connectivity index is 1.67. The van der Waals surface area contributed by atoms with Crippen molar-refractivity contribution in [1.82, 2.24) is 10.3 Å². The second-order valence-corrected chi connectivity index (χ2v) is 4.95. The molecule has 1 aromatic heterocycles. The number of carbonyl (C=O) groups is 2. The van der Waals surface area contributed by atoms with E-state index in [-0.39, 0.29) is 11.8 Å². The van der Waals surface area contributed by atoms with Crippen molar-refractivity contribution in [1.29, 1.82) is 0 Å². The third kappa shape index (κ3) is 3.08. The molecule has 1 unspecified atom stereocenters. The van der Waals surface area contributed by atoms with E-state index in [0.717, 1.165) is 11.3 Å². The van der Waals surface area contributed by atoms with Gasteiger partial charge in [-0.1, -0.05) is 30.3 Å². The lowest BCUT2D eigenvalue weighted by atomic mass is 10.1. The Bertz CT molecular complexity index is 653. The summed E-state index contributed by atoms with van der Waals surface area (Å²) in [6, 6.07) is 13.1. The van der Waals surface area contributed by atoms with Gasteiger partial charge in [0.1, 0.15) is 6.04 Å². The maximum absolute atomic E-state index is 12.0. The molecule has 5 heteroatoms. The van der Waals surface area contributed by atoms with Gasteiger partial charge in [0.05, 0.1) is 17.6 Å². The van der Waals surface area contributed by atoms with E-state index in [9.17, 15) is 9.59 Å². The van der Waals surface area contributed by atoms with Gasteiger partial charge in [0, 0.05) is 12.0 Å². The highest BCUT2D eigenvalue weighted by Gasteiger charge is 2.27. The topological polar surface area (TPSA) is 71.1 Å². The molecule has 1 aliphatic heterocycles. The first-order chi connectivity index (χ1) is 10.2. The Kier molecular flexibility index (Phi) is 3.64. The van der Waals surface area contributed by atoms with Crippen LogP contribution in [0, 0.1) is 0 Å². The number of anilines is 1. The van der Waals surface area contributed by atoms with Crippen LogP contribution in [0.15, 0.2) is 48.7 Å². The second kappa shape index (κ2) is 5.75. The van der Waals surface area contributed by atoms with E-state index in [2.05, 4.69) is 15.6 Å². The number of benzene rings is 1. The lowest BCUT2D eigenvalue weighted by molar-refractivity contribution is -0.122. The van der Waals surface area contributed by atoms with Gasteiger partial charge in [0.15, 0.2) is 0 Å². The smallest absolute Gasteiger partial charge is 0.247 e. The van der Waals surface area contributed by atoms with Crippen LogP contribution >= 0.6 is 0 Å². The minimum atomic E-state index is -0.439. The molecule has 1 fully saturated rings. The van der Waals surface area contributed by atoms with E-state index >= 15 is 0 Å². The fourth-order valence-electron chi connectivity index (χ4n) is 2.29. The van der Waals surface area contributed by atoms with E-state index in [1.165, 1.54) is 0 Å². The van der Waals surface area contributed by atoms with Crippen molar-refractivity contribution in [3.63, 3.8) is 0 Å². The zero-order chi connectivity index (χ0) is 14.7. The monoisotopic (exact) mass is 281 g/mol. The Hall–Kier alpha value is -2.69. The van der Waals surface area contributed by atoms with Crippen LogP contribution in [0.25, 0.3) is 11.3 Å². The molecule has 2 heterocycles. The highest BCUT2D eigenvalue weighted by Crippen LogP contribution is 2.18. The predicted octanol–water partition coefficient (Wildman–Crippen LogP) is 1.97. The van der Waals surface area contributed by atoms with Crippen molar-refractivity contribution >= 4 is 17.5 Å². The molecule has 1 aromatic carbocycles. The van der Waals surface area contributed by atoms with Crippen LogP contribution in [0.4, 0.5) is 5.69 Å². The largest absolute Gasteiger partial charge is 0.344 e. The Morgan fingerprint density at radius 3 is 2.62 bits per heavy atom. The fraction of sp³-hybridized carbons (Fsp3) is 0.188. The molecular weight excluding hydrogens is 266 g/mol. The van der Waals surface area contributed by atoms with Crippen LogP contribution in [0.3, 0.4) is 0 Å². The summed E-state index contributed by atoms with van der Waals surface area (Å²) in [5, 5.41) is 5.41. The lowest BCUT2D eigenvalue weighted by Crippen LogP contribution is -2.37. The molecule has 2 N–H and O–H groups in total. The number of hydrogen-bond donors (Lipinski definition) is 2. The molecular formula is C16H15N3O2. The third-order valence-corrected chi connectivity index (χ3v) is 3.41. The molecule has 0 radical (unpaired) electrons. The summed E-state index contributed by atoms with van der Waals surface area (Å²) < 4.78 is 0. The zero-order valence-electron chi connectivity index (χ0n) is 11.4. The predicted molar refractivity (Wildman–Crippen MR) is 79.5 cm³/mol. The number of pyridine rings is 1. The molecule has 1 atom stereocenters. The van der Waals surface area contributed by atoms with Crippen LogP contribution < -0.4 is 10.6 Å². The highest BCUT2D eigenvalue weighted by molar-refractivity contribution is 5.98. The minimum absolute atomic E-state index is 0.0762. The van der Waals surface area contributed by atoms with Crippen LogP contribution in [-0.4, -0.2) is 22.8 Å². The van der Waals surface area contributed by atoms with Gasteiger partial charge in [-0.05, 0) is 18.6 Å². The number of aromatic nitrogens is 1. The number of amides is 2. The molecule has 0 spiro atoms. The standard InChI is InChI=1S/C16H15N3O2/c20-15-9-8-14(19-15)16(21)18-12-6-7-13(17-10-12)11-4-2-1-3-5-11/h1-7,10,14H,8-9H2,(H,18,21)(H,19,20). The van der Waals surface area contributed by atoms with Gasteiger partial charge in [-0.2, -0.15) is 0 Å². The van der Waals surface area contributed by atoms with Crippen molar-refractivity contribution in [3.05, 3.63) is 48.7 Å². The zero-order valence-corrected chi connectivity index (χ0v) is 11.4. The molecule has 21 heavy (non-hydrogen) atoms. The van der Waals surface area contributed by atoms with E-state index < -0.39 is 6.04 Å². The maximum atomic E-state index is 12.0. The fourth-order valence-corrected chi connectivity index (χ4v) is 2.29. The lowest BCUT2D eigenvalue weighted by Gasteiger charge is -2.11. The van der Waals surface area contributed by atoms with Crippen LogP contribution in [0.2, 0.25) is 0 Å². The number of nitrogens with zero attached hydrogens (tertiary/aromatic N) is 1. The summed E-state index contributed by atoms with van der Waals surface area (Å²) >= 11 is 0. The minimum Gasteiger partial charge on any atom is -0.344 e. The third-order valence-electron chi connectivity index (χ3n) is 3.41. The van der Waals surface area contributed by atoms with Crippen LogP contribution in [-0.2, 0) is 9.59 Å². The van der Waals surface area contributed by atoms with Gasteiger partial charge in [-0.15, -0.1) is 0 Å². The van der Waals surface area contributed by atoms with Crippen molar-refractivity contribution < 1.29 is 9.59 Å². The molecule has 0 saturated carbocycles. The van der Waals surface area contributed by atoms with E-state index in [1.54, 1.807) is 6.20 Å². The Labute approximate surface area is 122 Å². The molecule has 1 aliphatic rings. The quantitative estimate of drug-likeness (QED) is 0.903. The summed E-state index contributed by atoms with van der Waals surface area (Å²) in [5.41, 5.74) is 2.50. The second-order valence-electron chi connectivity index (χ2n) is 4.95. The molecule has 5 nitrogen and oxygen atoms in total. The van der Waals surface area contributed by atoms with E-state index in [1.807, 2.05) is 42.5 Å². The Morgan fingerprint density at radius 1 is 1.19 bits per heavy atom. The molecule has 106 valence electrons. The van der Waals surface area contributed by atoms with Gasteiger partial charge >= 0.3 is 0 Å². The normalized spacial score (nSPS) is 17.3. The Morgan fingerprint density at radius 2 is 2.00 bits per heavy atom. The first-order valence-corrected chi connectivity index (χ1v) is 6.84. The van der Waals surface area contributed by atoms with Crippen LogP contribution in [0.5, 0.6) is 0 Å². The van der Waals surface area contributed by atoms with Crippen LogP contribution in [0.1, 0.15) is 12.8 Å².